The topological polar surface area (TPSA) is 53.5 Å². The molecule has 2 amide bonds. The molecule has 2 heterocycles. The Hall–Kier alpha value is -1.85. The highest BCUT2D eigenvalue weighted by Crippen LogP contribution is 2.19. The van der Waals surface area contributed by atoms with Crippen LogP contribution in [-0.2, 0) is 4.79 Å². The van der Waals surface area contributed by atoms with E-state index in [9.17, 15) is 9.59 Å². The third kappa shape index (κ3) is 3.26. The number of aromatic nitrogens is 1. The summed E-state index contributed by atoms with van der Waals surface area (Å²) < 4.78 is 0. The number of amides is 2. The van der Waals surface area contributed by atoms with Crippen LogP contribution in [0.3, 0.4) is 0 Å². The number of pyridine rings is 1. The zero-order chi connectivity index (χ0) is 16.4. The summed E-state index contributed by atoms with van der Waals surface area (Å²) in [6, 6.07) is 9.28. The van der Waals surface area contributed by atoms with E-state index >= 15 is 0 Å². The minimum absolute atomic E-state index is 0.0519. The highest BCUT2D eigenvalue weighted by atomic mass is 35.5. The molecule has 0 spiro atoms. The predicted molar refractivity (Wildman–Crippen MR) is 89.7 cm³/mol. The van der Waals surface area contributed by atoms with Crippen molar-refractivity contribution in [1.82, 2.24) is 14.8 Å². The van der Waals surface area contributed by atoms with Gasteiger partial charge in [-0.15, -0.1) is 0 Å². The van der Waals surface area contributed by atoms with Gasteiger partial charge in [-0.05, 0) is 12.1 Å². The summed E-state index contributed by atoms with van der Waals surface area (Å²) >= 11 is 11.2. The molecule has 23 heavy (non-hydrogen) atoms. The van der Waals surface area contributed by atoms with Gasteiger partial charge in [0.25, 0.3) is 11.8 Å². The lowest BCUT2D eigenvalue weighted by Gasteiger charge is -2.35. The fourth-order valence-corrected chi connectivity index (χ4v) is 3.00. The van der Waals surface area contributed by atoms with Crippen LogP contribution in [0.5, 0.6) is 0 Å². The number of nitrogens with zero attached hydrogens (tertiary/aromatic N) is 3. The van der Waals surface area contributed by atoms with E-state index in [-0.39, 0.29) is 11.8 Å². The number of carbonyl (C=O) groups excluding carboxylic acids is 2. The maximum Gasteiger partial charge on any atom is 0.255 e. The fourth-order valence-electron chi connectivity index (χ4n) is 2.72. The molecule has 3 rings (SSSR count). The van der Waals surface area contributed by atoms with E-state index in [2.05, 4.69) is 4.98 Å². The van der Waals surface area contributed by atoms with Gasteiger partial charge >= 0.3 is 0 Å². The first-order chi connectivity index (χ1) is 11.1. The second-order valence-electron chi connectivity index (χ2n) is 5.29. The van der Waals surface area contributed by atoms with Crippen LogP contribution in [0.15, 0.2) is 36.5 Å². The average molecular weight is 352 g/mol. The van der Waals surface area contributed by atoms with Gasteiger partial charge in [0.05, 0.1) is 11.1 Å². The van der Waals surface area contributed by atoms with Crippen molar-refractivity contribution in [1.29, 1.82) is 0 Å². The fraction of sp³-hybridized carbons (Fsp3) is 0.312. The van der Waals surface area contributed by atoms with Gasteiger partial charge in [0.15, 0.2) is 4.84 Å². The van der Waals surface area contributed by atoms with Gasteiger partial charge < -0.3 is 9.80 Å². The number of fused-ring (bicyclic) bond motifs is 1. The van der Waals surface area contributed by atoms with Crippen LogP contribution in [0.25, 0.3) is 10.9 Å². The third-order valence-corrected chi connectivity index (χ3v) is 4.32. The Kier molecular flexibility index (Phi) is 4.68. The molecule has 0 bridgehead atoms. The number of piperazine rings is 1. The molecule has 0 atom stereocenters. The molecule has 5 nitrogen and oxygen atoms in total. The summed E-state index contributed by atoms with van der Waals surface area (Å²) in [5.74, 6) is -0.362. The third-order valence-electron chi connectivity index (χ3n) is 3.94. The van der Waals surface area contributed by atoms with E-state index in [1.54, 1.807) is 22.1 Å². The number of benzene rings is 1. The van der Waals surface area contributed by atoms with Gasteiger partial charge in [-0.1, -0.05) is 41.4 Å². The van der Waals surface area contributed by atoms with Crippen LogP contribution in [0.1, 0.15) is 10.4 Å². The van der Waals surface area contributed by atoms with Crippen LogP contribution in [0.2, 0.25) is 0 Å². The van der Waals surface area contributed by atoms with Gasteiger partial charge in [0.1, 0.15) is 0 Å². The van der Waals surface area contributed by atoms with Crippen LogP contribution < -0.4 is 0 Å². The van der Waals surface area contributed by atoms with E-state index in [1.165, 1.54) is 0 Å². The van der Waals surface area contributed by atoms with Crippen LogP contribution >= 0.6 is 23.2 Å². The largest absolute Gasteiger partial charge is 0.337 e. The molecule has 120 valence electrons. The molecule has 0 saturated carbocycles. The second-order valence-corrected chi connectivity index (χ2v) is 6.39. The molecule has 0 radical (unpaired) electrons. The van der Waals surface area contributed by atoms with Crippen LogP contribution in [0.4, 0.5) is 0 Å². The summed E-state index contributed by atoms with van der Waals surface area (Å²) in [7, 11) is 0. The number of hydrogen-bond donors (Lipinski definition) is 0. The predicted octanol–water partition coefficient (Wildman–Crippen LogP) is 2.32. The molecular weight excluding hydrogens is 337 g/mol. The minimum Gasteiger partial charge on any atom is -0.337 e. The highest BCUT2D eigenvalue weighted by molar-refractivity contribution is 6.53. The lowest BCUT2D eigenvalue weighted by molar-refractivity contribution is -0.130. The van der Waals surface area contributed by atoms with Gasteiger partial charge in [0, 0.05) is 37.8 Å². The molecule has 1 aromatic carbocycles. The summed E-state index contributed by atoms with van der Waals surface area (Å²) in [5, 5.41) is 0.833. The van der Waals surface area contributed by atoms with E-state index in [0.717, 1.165) is 10.9 Å². The molecule has 7 heteroatoms. The Morgan fingerprint density at radius 1 is 1.00 bits per heavy atom. The quantitative estimate of drug-likeness (QED) is 0.780. The van der Waals surface area contributed by atoms with Crippen molar-refractivity contribution in [3.05, 3.63) is 42.1 Å². The van der Waals surface area contributed by atoms with Crippen LogP contribution in [0, 0.1) is 0 Å². The monoisotopic (exact) mass is 351 g/mol. The first-order valence-corrected chi connectivity index (χ1v) is 8.15. The first kappa shape index (κ1) is 16.0. The second kappa shape index (κ2) is 6.72. The minimum atomic E-state index is -1.05. The Morgan fingerprint density at radius 2 is 1.65 bits per heavy atom. The first-order valence-electron chi connectivity index (χ1n) is 7.28. The van der Waals surface area contributed by atoms with Crippen LogP contribution in [-0.4, -0.2) is 57.6 Å². The van der Waals surface area contributed by atoms with Crippen molar-refractivity contribution < 1.29 is 9.59 Å². The lowest BCUT2D eigenvalue weighted by Crippen LogP contribution is -2.51. The summed E-state index contributed by atoms with van der Waals surface area (Å²) in [6.45, 7) is 1.79. The Labute approximate surface area is 143 Å². The molecule has 0 N–H and O–H groups in total. The van der Waals surface area contributed by atoms with Gasteiger partial charge in [-0.25, -0.2) is 0 Å². The van der Waals surface area contributed by atoms with Crippen molar-refractivity contribution >= 4 is 45.9 Å². The van der Waals surface area contributed by atoms with Crippen molar-refractivity contribution in [2.24, 2.45) is 0 Å². The maximum absolute atomic E-state index is 12.8. The number of halogens is 2. The molecule has 1 aromatic heterocycles. The highest BCUT2D eigenvalue weighted by Gasteiger charge is 2.27. The number of hydrogen-bond acceptors (Lipinski definition) is 3. The standard InChI is InChI=1S/C16H15Cl2N3O2/c17-14(18)16(23)21-9-7-20(8-10-21)15(22)12-5-6-19-13-4-2-1-3-11(12)13/h1-6,14H,7-10H2. The summed E-state index contributed by atoms with van der Waals surface area (Å²) in [4.78, 5) is 31.1. The van der Waals surface area contributed by atoms with Crippen molar-refractivity contribution in [2.75, 3.05) is 26.2 Å². The van der Waals surface area contributed by atoms with Crippen molar-refractivity contribution in [3.8, 4) is 0 Å². The van der Waals surface area contributed by atoms with E-state index < -0.39 is 4.84 Å². The SMILES string of the molecule is O=C(c1ccnc2ccccc12)N1CCN(C(=O)C(Cl)Cl)CC1. The molecule has 0 unspecified atom stereocenters. The van der Waals surface area contributed by atoms with E-state index in [0.29, 0.717) is 31.7 Å². The summed E-state index contributed by atoms with van der Waals surface area (Å²) in [6.07, 6.45) is 1.64. The molecule has 0 aliphatic carbocycles. The molecule has 2 aromatic rings. The van der Waals surface area contributed by atoms with E-state index in [4.69, 9.17) is 23.2 Å². The summed E-state index contributed by atoms with van der Waals surface area (Å²) in [5.41, 5.74) is 1.42. The average Bonchev–Trinajstić information content (AvgIpc) is 2.60. The van der Waals surface area contributed by atoms with Crippen molar-refractivity contribution in [2.45, 2.75) is 4.84 Å². The molecule has 1 fully saturated rings. The van der Waals surface area contributed by atoms with E-state index in [1.807, 2.05) is 24.3 Å². The number of rotatable bonds is 2. The molecule has 1 saturated heterocycles. The zero-order valence-corrected chi connectivity index (χ0v) is 13.8. The smallest absolute Gasteiger partial charge is 0.255 e. The molecule has 1 aliphatic heterocycles. The zero-order valence-electron chi connectivity index (χ0n) is 12.3. The number of para-hydroxylation sites is 1. The van der Waals surface area contributed by atoms with Gasteiger partial charge in [0.2, 0.25) is 0 Å². The maximum atomic E-state index is 12.8. The Morgan fingerprint density at radius 3 is 2.35 bits per heavy atom. The Bertz CT molecular complexity index is 738. The lowest BCUT2D eigenvalue weighted by atomic mass is 10.1. The Balaban J connectivity index is 1.76. The van der Waals surface area contributed by atoms with Gasteiger partial charge in [-0.3, -0.25) is 14.6 Å². The van der Waals surface area contributed by atoms with Gasteiger partial charge in [-0.2, -0.15) is 0 Å². The number of carbonyl (C=O) groups is 2. The normalized spacial score (nSPS) is 15.3. The van der Waals surface area contributed by atoms with Crippen molar-refractivity contribution in [3.63, 3.8) is 0 Å². The molecular formula is C16H15Cl2N3O2. The molecule has 1 aliphatic rings. The number of alkyl halides is 2.